The summed E-state index contributed by atoms with van der Waals surface area (Å²) in [7, 11) is -2.17. The summed E-state index contributed by atoms with van der Waals surface area (Å²) in [6, 6.07) is 1.72. The van der Waals surface area contributed by atoms with E-state index in [0.717, 1.165) is 5.56 Å². The van der Waals surface area contributed by atoms with Crippen molar-refractivity contribution in [2.45, 2.75) is 11.9 Å². The number of pyridine rings is 1. The van der Waals surface area contributed by atoms with Gasteiger partial charge >= 0.3 is 0 Å². The second kappa shape index (κ2) is 3.01. The molecule has 0 aliphatic rings. The molecule has 2 aromatic rings. The second-order valence-corrected chi connectivity index (χ2v) is 4.78. The topological polar surface area (TPSA) is 90.9 Å². The Labute approximate surface area is 86.8 Å². The standard InChI is InChI=1S/C8H10N4O2S/c1-5-3-4-10-7-6(5)8(11-12(7)2)15(9,13)14/h3-4H,1-2H3,(H2,9,13,14). The Kier molecular flexibility index (Phi) is 2.02. The Hall–Kier alpha value is -1.47. The number of rotatable bonds is 1. The SMILES string of the molecule is Cc1ccnc2c1c(S(N)(=O)=O)nn2C. The highest BCUT2D eigenvalue weighted by Crippen LogP contribution is 2.22. The van der Waals surface area contributed by atoms with Crippen LogP contribution in [-0.2, 0) is 17.1 Å². The minimum Gasteiger partial charge on any atom is -0.249 e. The van der Waals surface area contributed by atoms with Gasteiger partial charge in [-0.25, -0.2) is 23.2 Å². The van der Waals surface area contributed by atoms with Gasteiger partial charge in [-0.05, 0) is 18.6 Å². The third-order valence-electron chi connectivity index (χ3n) is 2.17. The minimum atomic E-state index is -3.80. The van der Waals surface area contributed by atoms with E-state index in [-0.39, 0.29) is 5.03 Å². The number of aryl methyl sites for hydroxylation is 2. The highest BCUT2D eigenvalue weighted by atomic mass is 32.2. The lowest BCUT2D eigenvalue weighted by Crippen LogP contribution is -2.13. The molecule has 0 radical (unpaired) electrons. The number of hydrogen-bond acceptors (Lipinski definition) is 4. The van der Waals surface area contributed by atoms with Gasteiger partial charge in [0.05, 0.1) is 5.39 Å². The fraction of sp³-hybridized carbons (Fsp3) is 0.250. The predicted molar refractivity (Wildman–Crippen MR) is 54.6 cm³/mol. The van der Waals surface area contributed by atoms with Gasteiger partial charge in [-0.2, -0.15) is 5.10 Å². The van der Waals surface area contributed by atoms with Crippen molar-refractivity contribution in [1.82, 2.24) is 14.8 Å². The summed E-state index contributed by atoms with van der Waals surface area (Å²) in [6.45, 7) is 1.79. The van der Waals surface area contributed by atoms with Crippen LogP contribution < -0.4 is 5.14 Å². The first-order chi connectivity index (χ1) is 6.91. The molecule has 0 amide bonds. The van der Waals surface area contributed by atoms with E-state index in [1.807, 2.05) is 0 Å². The van der Waals surface area contributed by atoms with Gasteiger partial charge in [0.15, 0.2) is 5.65 Å². The summed E-state index contributed by atoms with van der Waals surface area (Å²) < 4.78 is 24.0. The van der Waals surface area contributed by atoms with Crippen molar-refractivity contribution in [2.75, 3.05) is 0 Å². The van der Waals surface area contributed by atoms with Crippen LogP contribution in [-0.4, -0.2) is 23.2 Å². The summed E-state index contributed by atoms with van der Waals surface area (Å²) in [5.74, 6) is 0. The molecule has 0 unspecified atom stereocenters. The summed E-state index contributed by atoms with van der Waals surface area (Å²) in [4.78, 5) is 4.06. The monoisotopic (exact) mass is 226 g/mol. The number of aromatic nitrogens is 3. The summed E-state index contributed by atoms with van der Waals surface area (Å²) in [5.41, 5.74) is 1.30. The number of nitrogens with zero attached hydrogens (tertiary/aromatic N) is 3. The lowest BCUT2D eigenvalue weighted by Gasteiger charge is -1.96. The van der Waals surface area contributed by atoms with Crippen LogP contribution in [0.4, 0.5) is 0 Å². The second-order valence-electron chi connectivity index (χ2n) is 3.30. The van der Waals surface area contributed by atoms with Crippen molar-refractivity contribution in [3.63, 3.8) is 0 Å². The smallest absolute Gasteiger partial charge is 0.249 e. The zero-order chi connectivity index (χ0) is 11.2. The van der Waals surface area contributed by atoms with Gasteiger partial charge < -0.3 is 0 Å². The van der Waals surface area contributed by atoms with E-state index in [4.69, 9.17) is 5.14 Å². The summed E-state index contributed by atoms with van der Waals surface area (Å²) in [5, 5.41) is 9.31. The van der Waals surface area contributed by atoms with Crippen LogP contribution in [0.5, 0.6) is 0 Å². The molecule has 0 atom stereocenters. The molecule has 0 spiro atoms. The van der Waals surface area contributed by atoms with Crippen LogP contribution in [0.1, 0.15) is 5.56 Å². The van der Waals surface area contributed by atoms with Gasteiger partial charge in [0.25, 0.3) is 10.0 Å². The van der Waals surface area contributed by atoms with Crippen molar-refractivity contribution in [3.05, 3.63) is 17.8 Å². The molecule has 0 saturated heterocycles. The first-order valence-corrected chi connectivity index (χ1v) is 5.77. The Balaban J connectivity index is 3.01. The molecular weight excluding hydrogens is 216 g/mol. The summed E-state index contributed by atoms with van der Waals surface area (Å²) >= 11 is 0. The zero-order valence-corrected chi connectivity index (χ0v) is 9.11. The highest BCUT2D eigenvalue weighted by Gasteiger charge is 2.20. The molecule has 15 heavy (non-hydrogen) atoms. The number of fused-ring (bicyclic) bond motifs is 1. The molecule has 2 rings (SSSR count). The van der Waals surface area contributed by atoms with Crippen LogP contribution in [0.2, 0.25) is 0 Å². The molecule has 0 aliphatic carbocycles. The van der Waals surface area contributed by atoms with Gasteiger partial charge in [-0.3, -0.25) is 0 Å². The van der Waals surface area contributed by atoms with Gasteiger partial charge in [0.2, 0.25) is 5.03 Å². The van der Waals surface area contributed by atoms with Gasteiger partial charge in [-0.15, -0.1) is 0 Å². The van der Waals surface area contributed by atoms with Crippen molar-refractivity contribution in [2.24, 2.45) is 12.2 Å². The van der Waals surface area contributed by atoms with E-state index in [2.05, 4.69) is 10.1 Å². The number of primary sulfonamides is 1. The molecule has 0 saturated carbocycles. The molecule has 6 nitrogen and oxygen atoms in total. The van der Waals surface area contributed by atoms with Gasteiger partial charge in [0.1, 0.15) is 0 Å². The lowest BCUT2D eigenvalue weighted by molar-refractivity contribution is 0.591. The van der Waals surface area contributed by atoms with Gasteiger partial charge in [-0.1, -0.05) is 0 Å². The maximum atomic E-state index is 11.3. The van der Waals surface area contributed by atoms with E-state index in [1.54, 1.807) is 26.2 Å². The maximum Gasteiger partial charge on any atom is 0.258 e. The molecule has 0 fully saturated rings. The first-order valence-electron chi connectivity index (χ1n) is 4.22. The first kappa shape index (κ1) is 10.1. The van der Waals surface area contributed by atoms with Crippen LogP contribution in [0, 0.1) is 6.92 Å². The summed E-state index contributed by atoms with van der Waals surface area (Å²) in [6.07, 6.45) is 1.60. The fourth-order valence-electron chi connectivity index (χ4n) is 1.49. The zero-order valence-electron chi connectivity index (χ0n) is 8.30. The number of nitrogens with two attached hydrogens (primary N) is 1. The molecule has 2 N–H and O–H groups in total. The highest BCUT2D eigenvalue weighted by molar-refractivity contribution is 7.89. The number of hydrogen-bond donors (Lipinski definition) is 1. The Bertz CT molecular complexity index is 629. The van der Waals surface area contributed by atoms with Gasteiger partial charge in [0, 0.05) is 13.2 Å². The van der Waals surface area contributed by atoms with Crippen LogP contribution in [0.15, 0.2) is 17.3 Å². The van der Waals surface area contributed by atoms with E-state index >= 15 is 0 Å². The quantitative estimate of drug-likeness (QED) is 0.736. The average molecular weight is 226 g/mol. The molecule has 2 aromatic heterocycles. The third kappa shape index (κ3) is 1.49. The molecular formula is C8H10N4O2S. The average Bonchev–Trinajstić information content (AvgIpc) is 2.45. The normalized spacial score (nSPS) is 12.2. The largest absolute Gasteiger partial charge is 0.258 e. The van der Waals surface area contributed by atoms with Crippen LogP contribution in [0.3, 0.4) is 0 Å². The van der Waals surface area contributed by atoms with Crippen molar-refractivity contribution in [3.8, 4) is 0 Å². The Morgan fingerprint density at radius 1 is 1.47 bits per heavy atom. The predicted octanol–water partition coefficient (Wildman–Crippen LogP) is -0.0759. The van der Waals surface area contributed by atoms with E-state index in [1.165, 1.54) is 4.68 Å². The Morgan fingerprint density at radius 2 is 2.13 bits per heavy atom. The number of sulfonamides is 1. The van der Waals surface area contributed by atoms with E-state index < -0.39 is 10.0 Å². The van der Waals surface area contributed by atoms with E-state index in [0.29, 0.717) is 11.0 Å². The molecule has 0 aliphatic heterocycles. The Morgan fingerprint density at radius 3 is 2.73 bits per heavy atom. The fourth-order valence-corrected chi connectivity index (χ4v) is 2.26. The lowest BCUT2D eigenvalue weighted by atomic mass is 10.2. The van der Waals surface area contributed by atoms with Crippen LogP contribution in [0.25, 0.3) is 11.0 Å². The molecule has 80 valence electrons. The molecule has 0 bridgehead atoms. The van der Waals surface area contributed by atoms with Crippen molar-refractivity contribution in [1.29, 1.82) is 0 Å². The molecule has 0 aromatic carbocycles. The van der Waals surface area contributed by atoms with Crippen LogP contribution >= 0.6 is 0 Å². The van der Waals surface area contributed by atoms with Crippen molar-refractivity contribution >= 4 is 21.1 Å². The van der Waals surface area contributed by atoms with Crippen molar-refractivity contribution < 1.29 is 8.42 Å². The third-order valence-corrected chi connectivity index (χ3v) is 2.99. The minimum absolute atomic E-state index is 0.120. The van der Waals surface area contributed by atoms with E-state index in [9.17, 15) is 8.42 Å². The maximum absolute atomic E-state index is 11.3. The molecule has 7 heteroatoms. The molecule has 2 heterocycles.